The zero-order chi connectivity index (χ0) is 17.5. The summed E-state index contributed by atoms with van der Waals surface area (Å²) >= 11 is 0. The first-order valence-electron chi connectivity index (χ1n) is 7.79. The first kappa shape index (κ1) is 17.6. The normalized spacial score (nSPS) is 12.0. The van der Waals surface area contributed by atoms with Gasteiger partial charge in [-0.2, -0.15) is 0 Å². The first-order chi connectivity index (χ1) is 11.5. The molecule has 1 aromatic heterocycles. The lowest BCUT2D eigenvalue weighted by atomic mass is 9.97. The summed E-state index contributed by atoms with van der Waals surface area (Å²) in [5, 5.41) is 11.8. The predicted molar refractivity (Wildman–Crippen MR) is 88.1 cm³/mol. The van der Waals surface area contributed by atoms with Gasteiger partial charge in [-0.1, -0.05) is 32.0 Å². The number of carbonyl (C=O) groups excluding carboxylic acids is 1. The zero-order valence-corrected chi connectivity index (χ0v) is 13.7. The van der Waals surface area contributed by atoms with Crippen LogP contribution in [0.4, 0.5) is 0 Å². The third kappa shape index (κ3) is 5.15. The molecule has 0 radical (unpaired) electrons. The van der Waals surface area contributed by atoms with E-state index in [0.29, 0.717) is 12.2 Å². The van der Waals surface area contributed by atoms with Gasteiger partial charge in [-0.05, 0) is 30.5 Å². The standard InChI is InChI=1S/C18H21NO5/c1-12(2)10-13(18(21)22)11-19-17(20)15-8-9-16(24-15)23-14-6-4-3-5-7-14/h3-9,12-13H,10-11H2,1-2H3,(H,19,20)(H,21,22). The van der Waals surface area contributed by atoms with Crippen molar-refractivity contribution in [1.29, 1.82) is 0 Å². The Morgan fingerprint density at radius 3 is 2.50 bits per heavy atom. The van der Waals surface area contributed by atoms with Crippen molar-refractivity contribution in [3.8, 4) is 11.7 Å². The fourth-order valence-corrected chi connectivity index (χ4v) is 2.25. The number of ether oxygens (including phenoxy) is 1. The number of hydrogen-bond acceptors (Lipinski definition) is 4. The molecule has 1 unspecified atom stereocenters. The van der Waals surface area contributed by atoms with Crippen molar-refractivity contribution < 1.29 is 23.8 Å². The third-order valence-electron chi connectivity index (χ3n) is 3.38. The van der Waals surface area contributed by atoms with Crippen molar-refractivity contribution >= 4 is 11.9 Å². The molecule has 0 spiro atoms. The van der Waals surface area contributed by atoms with Gasteiger partial charge in [0.05, 0.1) is 5.92 Å². The lowest BCUT2D eigenvalue weighted by Crippen LogP contribution is -2.33. The predicted octanol–water partition coefficient (Wildman–Crippen LogP) is 3.55. The summed E-state index contributed by atoms with van der Waals surface area (Å²) in [6.45, 7) is 3.94. The van der Waals surface area contributed by atoms with E-state index in [1.165, 1.54) is 6.07 Å². The Balaban J connectivity index is 1.92. The summed E-state index contributed by atoms with van der Waals surface area (Å²) in [7, 11) is 0. The number of carboxylic acid groups (broad SMARTS) is 1. The topological polar surface area (TPSA) is 88.8 Å². The number of nitrogens with one attached hydrogen (secondary N) is 1. The maximum Gasteiger partial charge on any atom is 0.308 e. The first-order valence-corrected chi connectivity index (χ1v) is 7.79. The molecule has 0 aliphatic heterocycles. The number of benzene rings is 1. The second-order valence-corrected chi connectivity index (χ2v) is 5.91. The number of rotatable bonds is 8. The van der Waals surface area contributed by atoms with E-state index in [2.05, 4.69) is 5.32 Å². The molecular weight excluding hydrogens is 310 g/mol. The number of carboxylic acids is 1. The van der Waals surface area contributed by atoms with E-state index in [0.717, 1.165) is 0 Å². The highest BCUT2D eigenvalue weighted by atomic mass is 16.6. The van der Waals surface area contributed by atoms with Gasteiger partial charge in [0.15, 0.2) is 5.76 Å². The van der Waals surface area contributed by atoms with Gasteiger partial charge in [-0.15, -0.1) is 0 Å². The maximum absolute atomic E-state index is 12.1. The number of aliphatic carboxylic acids is 1. The molecule has 0 saturated carbocycles. The van der Waals surface area contributed by atoms with Crippen LogP contribution < -0.4 is 10.1 Å². The average Bonchev–Trinajstić information content (AvgIpc) is 3.00. The van der Waals surface area contributed by atoms with E-state index < -0.39 is 17.8 Å². The smallest absolute Gasteiger partial charge is 0.308 e. The van der Waals surface area contributed by atoms with E-state index in [4.69, 9.17) is 9.15 Å². The molecule has 6 heteroatoms. The number of hydrogen-bond donors (Lipinski definition) is 2. The second-order valence-electron chi connectivity index (χ2n) is 5.91. The Hall–Kier alpha value is -2.76. The van der Waals surface area contributed by atoms with E-state index in [1.54, 1.807) is 18.2 Å². The Morgan fingerprint density at radius 1 is 1.17 bits per heavy atom. The van der Waals surface area contributed by atoms with Gasteiger partial charge in [-0.25, -0.2) is 0 Å². The van der Waals surface area contributed by atoms with Crippen LogP contribution in [0.5, 0.6) is 11.7 Å². The molecule has 0 bridgehead atoms. The van der Waals surface area contributed by atoms with E-state index >= 15 is 0 Å². The fourth-order valence-electron chi connectivity index (χ4n) is 2.25. The van der Waals surface area contributed by atoms with Crippen molar-refractivity contribution in [3.63, 3.8) is 0 Å². The van der Waals surface area contributed by atoms with Gasteiger partial charge in [0, 0.05) is 12.6 Å². The molecule has 2 aromatic rings. The van der Waals surface area contributed by atoms with Crippen LogP contribution >= 0.6 is 0 Å². The minimum absolute atomic E-state index is 0.0575. The lowest BCUT2D eigenvalue weighted by Gasteiger charge is -2.14. The molecule has 0 aliphatic rings. The molecular formula is C18H21NO5. The zero-order valence-electron chi connectivity index (χ0n) is 13.7. The quantitative estimate of drug-likeness (QED) is 0.772. The van der Waals surface area contributed by atoms with E-state index in [-0.39, 0.29) is 24.2 Å². The molecule has 2 rings (SSSR count). The monoisotopic (exact) mass is 331 g/mol. The van der Waals surface area contributed by atoms with Crippen LogP contribution in [0.1, 0.15) is 30.8 Å². The van der Waals surface area contributed by atoms with Gasteiger partial charge in [0.2, 0.25) is 0 Å². The highest BCUT2D eigenvalue weighted by Gasteiger charge is 2.21. The molecule has 2 N–H and O–H groups in total. The number of para-hydroxylation sites is 1. The molecule has 1 amide bonds. The molecule has 1 atom stereocenters. The van der Waals surface area contributed by atoms with Crippen molar-refractivity contribution in [3.05, 3.63) is 48.2 Å². The summed E-state index contributed by atoms with van der Waals surface area (Å²) in [4.78, 5) is 23.3. The SMILES string of the molecule is CC(C)CC(CNC(=O)c1ccc(Oc2ccccc2)o1)C(=O)O. The van der Waals surface area contributed by atoms with Crippen LogP contribution in [0.25, 0.3) is 0 Å². The van der Waals surface area contributed by atoms with E-state index in [9.17, 15) is 14.7 Å². The molecule has 128 valence electrons. The summed E-state index contributed by atoms with van der Waals surface area (Å²) < 4.78 is 10.8. The average molecular weight is 331 g/mol. The van der Waals surface area contributed by atoms with Gasteiger partial charge >= 0.3 is 5.97 Å². The Labute approximate surface area is 140 Å². The van der Waals surface area contributed by atoms with Crippen LogP contribution in [-0.2, 0) is 4.79 Å². The lowest BCUT2D eigenvalue weighted by molar-refractivity contribution is -0.142. The van der Waals surface area contributed by atoms with Gasteiger partial charge < -0.3 is 19.6 Å². The largest absolute Gasteiger partial charge is 0.481 e. The molecule has 24 heavy (non-hydrogen) atoms. The molecule has 0 fully saturated rings. The van der Waals surface area contributed by atoms with Crippen LogP contribution in [0.15, 0.2) is 46.9 Å². The molecule has 1 aromatic carbocycles. The molecule has 6 nitrogen and oxygen atoms in total. The number of amides is 1. The highest BCUT2D eigenvalue weighted by molar-refractivity contribution is 5.91. The fraction of sp³-hybridized carbons (Fsp3) is 0.333. The Bertz CT molecular complexity index is 678. The molecule has 0 aliphatic carbocycles. The van der Waals surface area contributed by atoms with Crippen LogP contribution in [0.3, 0.4) is 0 Å². The van der Waals surface area contributed by atoms with Gasteiger partial charge in [-0.3, -0.25) is 9.59 Å². The minimum Gasteiger partial charge on any atom is -0.481 e. The summed E-state index contributed by atoms with van der Waals surface area (Å²) in [5.74, 6) is -0.898. The highest BCUT2D eigenvalue weighted by Crippen LogP contribution is 2.23. The van der Waals surface area contributed by atoms with Gasteiger partial charge in [0.25, 0.3) is 11.9 Å². The van der Waals surface area contributed by atoms with Crippen LogP contribution in [0, 0.1) is 11.8 Å². The molecule has 1 heterocycles. The maximum atomic E-state index is 12.1. The summed E-state index contributed by atoms with van der Waals surface area (Å²) in [6.07, 6.45) is 0.496. The second kappa shape index (κ2) is 8.19. The Morgan fingerprint density at radius 2 is 1.88 bits per heavy atom. The van der Waals surface area contributed by atoms with Crippen molar-refractivity contribution in [2.24, 2.45) is 11.8 Å². The van der Waals surface area contributed by atoms with Crippen LogP contribution in [0.2, 0.25) is 0 Å². The third-order valence-corrected chi connectivity index (χ3v) is 3.38. The summed E-state index contributed by atoms with van der Waals surface area (Å²) in [6, 6.07) is 12.1. The number of furan rings is 1. The number of carbonyl (C=O) groups is 2. The Kier molecular flexibility index (Phi) is 6.01. The minimum atomic E-state index is -0.920. The van der Waals surface area contributed by atoms with Crippen molar-refractivity contribution in [2.45, 2.75) is 20.3 Å². The summed E-state index contributed by atoms with van der Waals surface area (Å²) in [5.41, 5.74) is 0. The van der Waals surface area contributed by atoms with Crippen molar-refractivity contribution in [1.82, 2.24) is 5.32 Å². The van der Waals surface area contributed by atoms with Crippen LogP contribution in [-0.4, -0.2) is 23.5 Å². The van der Waals surface area contributed by atoms with E-state index in [1.807, 2.05) is 32.0 Å². The molecule has 0 saturated heterocycles. The van der Waals surface area contributed by atoms with Crippen molar-refractivity contribution in [2.75, 3.05) is 6.54 Å². The van der Waals surface area contributed by atoms with Gasteiger partial charge in [0.1, 0.15) is 5.75 Å².